The highest BCUT2D eigenvalue weighted by molar-refractivity contribution is 5.90. The van der Waals surface area contributed by atoms with Gasteiger partial charge in [0.25, 0.3) is 0 Å². The number of benzene rings is 2. The van der Waals surface area contributed by atoms with Crippen molar-refractivity contribution in [3.8, 4) is 0 Å². The molecular weight excluding hydrogens is 359 g/mol. The Hall–Kier alpha value is -2.39. The summed E-state index contributed by atoms with van der Waals surface area (Å²) in [5.41, 5.74) is 7.82. The van der Waals surface area contributed by atoms with Crippen LogP contribution in [0.25, 0.3) is 22.7 Å². The van der Waals surface area contributed by atoms with Crippen LogP contribution in [0.15, 0.2) is 42.5 Å². The van der Waals surface area contributed by atoms with Gasteiger partial charge in [0.1, 0.15) is 5.82 Å². The van der Waals surface area contributed by atoms with Gasteiger partial charge in [0.05, 0.1) is 5.52 Å². The Morgan fingerprint density at radius 2 is 1.90 bits per heavy atom. The Morgan fingerprint density at radius 3 is 2.66 bits per heavy atom. The minimum Gasteiger partial charge on any atom is -0.320 e. The van der Waals surface area contributed by atoms with Gasteiger partial charge >= 0.3 is 0 Å². The molecule has 2 aromatic carbocycles. The van der Waals surface area contributed by atoms with Gasteiger partial charge in [-0.25, -0.2) is 4.39 Å². The number of halogens is 1. The zero-order chi connectivity index (χ0) is 20.4. The lowest BCUT2D eigenvalue weighted by Gasteiger charge is -2.23. The van der Waals surface area contributed by atoms with Gasteiger partial charge < -0.3 is 9.47 Å². The molecule has 2 heterocycles. The van der Waals surface area contributed by atoms with Crippen LogP contribution in [-0.4, -0.2) is 23.1 Å². The fourth-order valence-corrected chi connectivity index (χ4v) is 4.44. The minimum atomic E-state index is -0.191. The summed E-state index contributed by atoms with van der Waals surface area (Å²) in [7, 11) is 2.21. The molecule has 1 aromatic heterocycles. The minimum absolute atomic E-state index is 0.191. The van der Waals surface area contributed by atoms with Gasteiger partial charge in [-0.2, -0.15) is 0 Å². The topological polar surface area (TPSA) is 8.17 Å². The molecule has 0 fully saturated rings. The first-order chi connectivity index (χ1) is 14.1. The van der Waals surface area contributed by atoms with Crippen LogP contribution in [0.2, 0.25) is 0 Å². The van der Waals surface area contributed by atoms with Gasteiger partial charge in [0.15, 0.2) is 0 Å². The van der Waals surface area contributed by atoms with Crippen molar-refractivity contribution in [3.63, 3.8) is 0 Å². The number of allylic oxidation sites excluding steroid dienone is 1. The van der Waals surface area contributed by atoms with Crippen LogP contribution in [0.1, 0.15) is 55.5 Å². The molecule has 3 heteroatoms. The second kappa shape index (κ2) is 8.54. The van der Waals surface area contributed by atoms with Gasteiger partial charge in [0, 0.05) is 36.8 Å². The molecule has 3 aromatic rings. The van der Waals surface area contributed by atoms with E-state index < -0.39 is 0 Å². The van der Waals surface area contributed by atoms with Gasteiger partial charge in [-0.1, -0.05) is 38.0 Å². The molecule has 0 bridgehead atoms. The van der Waals surface area contributed by atoms with Crippen LogP contribution in [0.4, 0.5) is 4.39 Å². The second-order valence-electron chi connectivity index (χ2n) is 8.41. The van der Waals surface area contributed by atoms with E-state index in [0.717, 1.165) is 37.1 Å². The summed E-state index contributed by atoms with van der Waals surface area (Å²) in [5.74, 6) is -0.191. The Balaban J connectivity index is 1.78. The smallest absolute Gasteiger partial charge is 0.123 e. The van der Waals surface area contributed by atoms with Crippen LogP contribution < -0.4 is 0 Å². The molecule has 1 aliphatic rings. The molecule has 0 aliphatic carbocycles. The van der Waals surface area contributed by atoms with Crippen LogP contribution >= 0.6 is 0 Å². The SMILES string of the molecule is CCCCCc1ccc2c(c1)c1c(n2/C=C(\C)c2ccc(F)cc2)CCN(C)C1. The van der Waals surface area contributed by atoms with Crippen molar-refractivity contribution in [3.05, 3.63) is 70.7 Å². The number of likely N-dealkylation sites (N-methyl/N-ethyl adjacent to an activating group) is 1. The van der Waals surface area contributed by atoms with Crippen molar-refractivity contribution in [2.24, 2.45) is 0 Å². The number of fused-ring (bicyclic) bond motifs is 3. The number of aromatic nitrogens is 1. The fourth-order valence-electron chi connectivity index (χ4n) is 4.44. The molecule has 0 radical (unpaired) electrons. The molecule has 152 valence electrons. The van der Waals surface area contributed by atoms with Gasteiger partial charge in [-0.15, -0.1) is 0 Å². The highest BCUT2D eigenvalue weighted by atomic mass is 19.1. The lowest BCUT2D eigenvalue weighted by Crippen LogP contribution is -2.26. The first-order valence-corrected chi connectivity index (χ1v) is 10.8. The summed E-state index contributed by atoms with van der Waals surface area (Å²) in [6.45, 7) is 6.45. The van der Waals surface area contributed by atoms with Crippen molar-refractivity contribution in [1.29, 1.82) is 0 Å². The molecule has 4 rings (SSSR count). The van der Waals surface area contributed by atoms with E-state index in [9.17, 15) is 4.39 Å². The predicted octanol–water partition coefficient (Wildman–Crippen LogP) is 6.52. The lowest BCUT2D eigenvalue weighted by atomic mass is 10.0. The molecule has 2 nitrogen and oxygen atoms in total. The highest BCUT2D eigenvalue weighted by Crippen LogP contribution is 2.33. The van der Waals surface area contributed by atoms with E-state index in [1.165, 1.54) is 59.1 Å². The molecule has 0 atom stereocenters. The molecule has 0 amide bonds. The van der Waals surface area contributed by atoms with E-state index in [1.807, 2.05) is 12.1 Å². The van der Waals surface area contributed by atoms with E-state index >= 15 is 0 Å². The van der Waals surface area contributed by atoms with E-state index in [2.05, 4.69) is 54.8 Å². The molecule has 0 spiro atoms. The summed E-state index contributed by atoms with van der Waals surface area (Å²) < 4.78 is 15.7. The molecule has 1 aliphatic heterocycles. The van der Waals surface area contributed by atoms with Crippen molar-refractivity contribution in [2.45, 2.75) is 52.5 Å². The Kier molecular flexibility index (Phi) is 5.86. The molecule has 0 N–H and O–H groups in total. The number of nitrogens with zero attached hydrogens (tertiary/aromatic N) is 2. The monoisotopic (exact) mass is 390 g/mol. The second-order valence-corrected chi connectivity index (χ2v) is 8.41. The summed E-state index contributed by atoms with van der Waals surface area (Å²) in [6, 6.07) is 13.8. The van der Waals surface area contributed by atoms with E-state index in [-0.39, 0.29) is 5.82 Å². The van der Waals surface area contributed by atoms with Crippen LogP contribution in [0, 0.1) is 5.82 Å². The molecule has 29 heavy (non-hydrogen) atoms. The molecule has 0 saturated carbocycles. The summed E-state index contributed by atoms with van der Waals surface area (Å²) >= 11 is 0. The lowest BCUT2D eigenvalue weighted by molar-refractivity contribution is 0.312. The average molecular weight is 391 g/mol. The van der Waals surface area contributed by atoms with Crippen molar-refractivity contribution < 1.29 is 4.39 Å². The van der Waals surface area contributed by atoms with Gasteiger partial charge in [0.2, 0.25) is 0 Å². The summed E-state index contributed by atoms with van der Waals surface area (Å²) in [4.78, 5) is 2.41. The Morgan fingerprint density at radius 1 is 1.10 bits per heavy atom. The fraction of sp³-hybridized carbons (Fsp3) is 0.385. The normalized spacial score (nSPS) is 15.1. The van der Waals surface area contributed by atoms with E-state index in [0.29, 0.717) is 0 Å². The van der Waals surface area contributed by atoms with E-state index in [1.54, 1.807) is 0 Å². The number of hydrogen-bond donors (Lipinski definition) is 0. The van der Waals surface area contributed by atoms with Crippen LogP contribution in [0.3, 0.4) is 0 Å². The maximum absolute atomic E-state index is 13.3. The number of aryl methyl sites for hydroxylation is 1. The molecule has 0 unspecified atom stereocenters. The van der Waals surface area contributed by atoms with Gasteiger partial charge in [-0.3, -0.25) is 0 Å². The first kappa shape index (κ1) is 19.9. The summed E-state index contributed by atoms with van der Waals surface area (Å²) in [5, 5.41) is 1.39. The third-order valence-electron chi connectivity index (χ3n) is 6.13. The Bertz CT molecular complexity index is 1030. The third kappa shape index (κ3) is 4.16. The number of rotatable bonds is 6. The molecule has 0 saturated heterocycles. The maximum Gasteiger partial charge on any atom is 0.123 e. The van der Waals surface area contributed by atoms with Crippen LogP contribution in [0.5, 0.6) is 0 Å². The first-order valence-electron chi connectivity index (χ1n) is 10.8. The quantitative estimate of drug-likeness (QED) is 0.435. The third-order valence-corrected chi connectivity index (χ3v) is 6.13. The standard InChI is InChI=1S/C26H31FN2/c1-4-5-6-7-20-8-13-25-23(16-20)24-18-28(3)15-14-26(24)29(25)17-19(2)21-9-11-22(27)12-10-21/h8-13,16-17H,4-7,14-15,18H2,1-3H3/b19-17+. The number of hydrogen-bond acceptors (Lipinski definition) is 1. The average Bonchev–Trinajstić information content (AvgIpc) is 3.01. The molecular formula is C26H31FN2. The largest absolute Gasteiger partial charge is 0.320 e. The van der Waals surface area contributed by atoms with Crippen LogP contribution in [-0.2, 0) is 19.4 Å². The summed E-state index contributed by atoms with van der Waals surface area (Å²) in [6.07, 6.45) is 8.25. The number of unbranched alkanes of at least 4 members (excludes halogenated alkanes) is 2. The zero-order valence-corrected chi connectivity index (χ0v) is 17.8. The Labute approximate surface area is 173 Å². The van der Waals surface area contributed by atoms with Crippen molar-refractivity contribution in [1.82, 2.24) is 9.47 Å². The zero-order valence-electron chi connectivity index (χ0n) is 17.8. The van der Waals surface area contributed by atoms with E-state index in [4.69, 9.17) is 0 Å². The predicted molar refractivity (Wildman–Crippen MR) is 121 cm³/mol. The van der Waals surface area contributed by atoms with Crippen molar-refractivity contribution >= 4 is 22.7 Å². The van der Waals surface area contributed by atoms with Crippen molar-refractivity contribution in [2.75, 3.05) is 13.6 Å². The van der Waals surface area contributed by atoms with Gasteiger partial charge in [-0.05, 0) is 73.3 Å². The highest BCUT2D eigenvalue weighted by Gasteiger charge is 2.22. The maximum atomic E-state index is 13.3.